The summed E-state index contributed by atoms with van der Waals surface area (Å²) in [4.78, 5) is 12.7. The maximum absolute atomic E-state index is 12.7. The van der Waals surface area contributed by atoms with Gasteiger partial charge in [-0.2, -0.15) is 0 Å². The van der Waals surface area contributed by atoms with Gasteiger partial charge in [0.15, 0.2) is 0 Å². The number of rotatable bonds is 14. The van der Waals surface area contributed by atoms with E-state index in [1.807, 2.05) is 54.6 Å². The van der Waals surface area contributed by atoms with Gasteiger partial charge in [-0.1, -0.05) is 54.1 Å². The lowest BCUT2D eigenvalue weighted by Crippen LogP contribution is -2.49. The van der Waals surface area contributed by atoms with Crippen LogP contribution < -0.4 is 20.1 Å². The van der Waals surface area contributed by atoms with Crippen LogP contribution in [-0.2, 0) is 27.8 Å². The summed E-state index contributed by atoms with van der Waals surface area (Å²) in [6.07, 6.45) is -0.534. The maximum Gasteiger partial charge on any atom is 0.240 e. The molecule has 0 unspecified atom stereocenters. The molecule has 1 amide bonds. The van der Waals surface area contributed by atoms with E-state index in [0.717, 1.165) is 16.9 Å². The highest BCUT2D eigenvalue weighted by Gasteiger charge is 2.22. The topological polar surface area (TPSA) is 117 Å². The van der Waals surface area contributed by atoms with Crippen LogP contribution in [0.25, 0.3) is 0 Å². The van der Waals surface area contributed by atoms with Gasteiger partial charge in [0, 0.05) is 31.1 Å². The van der Waals surface area contributed by atoms with Crippen molar-refractivity contribution in [3.63, 3.8) is 0 Å². The Hall–Kier alpha value is -2.95. The summed E-state index contributed by atoms with van der Waals surface area (Å²) >= 11 is 5.82. The Kier molecular flexibility index (Phi) is 10.9. The quantitative estimate of drug-likeness (QED) is 0.247. The summed E-state index contributed by atoms with van der Waals surface area (Å²) in [5.74, 6) is 0.382. The molecule has 10 heteroatoms. The highest BCUT2D eigenvalue weighted by atomic mass is 35.5. The van der Waals surface area contributed by atoms with E-state index in [1.165, 1.54) is 24.3 Å². The highest BCUT2D eigenvalue weighted by molar-refractivity contribution is 7.89. The van der Waals surface area contributed by atoms with Gasteiger partial charge < -0.3 is 20.5 Å². The SMILES string of the molecule is COc1cccc(CNC[C@@H](O)[C@H](Cc2ccccc2)NC(=O)CCNS(=O)(=O)c2ccc(Cl)cc2)c1. The van der Waals surface area contributed by atoms with Crippen LogP contribution in [0.5, 0.6) is 5.75 Å². The molecule has 37 heavy (non-hydrogen) atoms. The Morgan fingerprint density at radius 2 is 1.70 bits per heavy atom. The molecule has 0 spiro atoms. The zero-order valence-corrected chi connectivity index (χ0v) is 22.1. The zero-order chi connectivity index (χ0) is 26.7. The van der Waals surface area contributed by atoms with Crippen molar-refractivity contribution in [3.05, 3.63) is 95.0 Å². The van der Waals surface area contributed by atoms with Crippen molar-refractivity contribution >= 4 is 27.5 Å². The van der Waals surface area contributed by atoms with Gasteiger partial charge in [-0.3, -0.25) is 4.79 Å². The molecule has 0 bridgehead atoms. The number of carbonyl (C=O) groups is 1. The van der Waals surface area contributed by atoms with Crippen LogP contribution in [0.2, 0.25) is 5.02 Å². The number of aliphatic hydroxyl groups is 1. The number of amides is 1. The highest BCUT2D eigenvalue weighted by Crippen LogP contribution is 2.14. The number of carbonyl (C=O) groups excluding carboxylic acids is 1. The average molecular weight is 546 g/mol. The Balaban J connectivity index is 1.55. The number of hydrogen-bond donors (Lipinski definition) is 4. The van der Waals surface area contributed by atoms with E-state index in [1.54, 1.807) is 7.11 Å². The Morgan fingerprint density at radius 1 is 1.00 bits per heavy atom. The van der Waals surface area contributed by atoms with Crippen LogP contribution in [-0.4, -0.2) is 51.8 Å². The molecular formula is C27H32ClN3O5S. The first-order chi connectivity index (χ1) is 17.8. The number of ether oxygens (including phenoxy) is 1. The van der Waals surface area contributed by atoms with E-state index in [2.05, 4.69) is 15.4 Å². The normalized spacial score (nSPS) is 13.1. The van der Waals surface area contributed by atoms with Crippen molar-refractivity contribution in [2.24, 2.45) is 0 Å². The lowest BCUT2D eigenvalue weighted by molar-refractivity contribution is -0.122. The van der Waals surface area contributed by atoms with E-state index >= 15 is 0 Å². The monoisotopic (exact) mass is 545 g/mol. The van der Waals surface area contributed by atoms with Crippen molar-refractivity contribution in [1.82, 2.24) is 15.4 Å². The van der Waals surface area contributed by atoms with Gasteiger partial charge >= 0.3 is 0 Å². The van der Waals surface area contributed by atoms with Crippen LogP contribution in [0, 0.1) is 0 Å². The number of nitrogens with one attached hydrogen (secondary N) is 3. The van der Waals surface area contributed by atoms with Crippen molar-refractivity contribution in [3.8, 4) is 5.75 Å². The van der Waals surface area contributed by atoms with Gasteiger partial charge in [0.2, 0.25) is 15.9 Å². The summed E-state index contributed by atoms with van der Waals surface area (Å²) in [5.41, 5.74) is 1.96. The fourth-order valence-electron chi connectivity index (χ4n) is 3.72. The summed E-state index contributed by atoms with van der Waals surface area (Å²) in [7, 11) is -2.16. The minimum absolute atomic E-state index is 0.0665. The molecule has 3 aromatic carbocycles. The molecule has 0 fully saturated rings. The number of aliphatic hydroxyl groups excluding tert-OH is 1. The Bertz CT molecular complexity index is 1240. The number of sulfonamides is 1. The van der Waals surface area contributed by atoms with Gasteiger partial charge in [0.1, 0.15) is 5.75 Å². The van der Waals surface area contributed by atoms with Crippen LogP contribution in [0.1, 0.15) is 17.5 Å². The lowest BCUT2D eigenvalue weighted by Gasteiger charge is -2.25. The molecule has 0 saturated carbocycles. The molecule has 198 valence electrons. The van der Waals surface area contributed by atoms with Gasteiger partial charge in [0.05, 0.1) is 24.2 Å². The summed E-state index contributed by atoms with van der Waals surface area (Å²) < 4.78 is 32.5. The first-order valence-corrected chi connectivity index (χ1v) is 13.7. The lowest BCUT2D eigenvalue weighted by atomic mass is 10.0. The maximum atomic E-state index is 12.7. The average Bonchev–Trinajstić information content (AvgIpc) is 2.89. The molecule has 0 saturated heterocycles. The second-order valence-electron chi connectivity index (χ2n) is 8.52. The summed E-state index contributed by atoms with van der Waals surface area (Å²) in [6, 6.07) is 22.4. The third-order valence-corrected chi connectivity index (χ3v) is 7.42. The van der Waals surface area contributed by atoms with E-state index in [-0.39, 0.29) is 30.3 Å². The fraction of sp³-hybridized carbons (Fsp3) is 0.296. The summed E-state index contributed by atoms with van der Waals surface area (Å²) in [6.45, 7) is 0.684. The predicted molar refractivity (Wildman–Crippen MR) is 144 cm³/mol. The first-order valence-electron chi connectivity index (χ1n) is 11.9. The molecular weight excluding hydrogens is 514 g/mol. The number of halogens is 1. The van der Waals surface area contributed by atoms with E-state index in [0.29, 0.717) is 18.0 Å². The van der Waals surface area contributed by atoms with E-state index in [4.69, 9.17) is 16.3 Å². The molecule has 0 aromatic heterocycles. The predicted octanol–water partition coefficient (Wildman–Crippen LogP) is 2.90. The van der Waals surface area contributed by atoms with Crippen LogP contribution in [0.15, 0.2) is 83.8 Å². The number of benzene rings is 3. The van der Waals surface area contributed by atoms with Crippen LogP contribution in [0.3, 0.4) is 0 Å². The number of methoxy groups -OCH3 is 1. The first kappa shape index (κ1) is 28.6. The van der Waals surface area contributed by atoms with Crippen molar-refractivity contribution < 1.29 is 23.1 Å². The fourth-order valence-corrected chi connectivity index (χ4v) is 4.87. The van der Waals surface area contributed by atoms with Crippen LogP contribution in [0.4, 0.5) is 0 Å². The standard InChI is InChI=1S/C27H32ClN3O5S/c1-36-23-9-5-8-21(16-23)18-29-19-26(32)25(17-20-6-3-2-4-7-20)31-27(33)14-15-30-37(34,35)24-12-10-22(28)11-13-24/h2-13,16,25-26,29-30,32H,14-15,17-19H2,1H3,(H,31,33)/t25-,26+/m0/s1. The molecule has 4 N–H and O–H groups in total. The Labute approximate surface area is 223 Å². The second kappa shape index (κ2) is 14.1. The molecule has 8 nitrogen and oxygen atoms in total. The van der Waals surface area contributed by atoms with Gasteiger partial charge in [0.25, 0.3) is 0 Å². The molecule has 0 radical (unpaired) electrons. The minimum Gasteiger partial charge on any atom is -0.497 e. The largest absolute Gasteiger partial charge is 0.497 e. The molecule has 3 rings (SSSR count). The van der Waals surface area contributed by atoms with Crippen molar-refractivity contribution in [2.45, 2.75) is 36.4 Å². The van der Waals surface area contributed by atoms with E-state index < -0.39 is 22.2 Å². The van der Waals surface area contributed by atoms with Gasteiger partial charge in [-0.15, -0.1) is 0 Å². The molecule has 0 aliphatic rings. The third-order valence-electron chi connectivity index (χ3n) is 5.69. The third kappa shape index (κ3) is 9.46. The zero-order valence-electron chi connectivity index (χ0n) is 20.6. The smallest absolute Gasteiger partial charge is 0.240 e. The van der Waals surface area contributed by atoms with E-state index in [9.17, 15) is 18.3 Å². The second-order valence-corrected chi connectivity index (χ2v) is 10.7. The van der Waals surface area contributed by atoms with Crippen molar-refractivity contribution in [2.75, 3.05) is 20.2 Å². The molecule has 2 atom stereocenters. The Morgan fingerprint density at radius 3 is 2.41 bits per heavy atom. The van der Waals surface area contributed by atoms with Gasteiger partial charge in [-0.25, -0.2) is 13.1 Å². The van der Waals surface area contributed by atoms with Crippen molar-refractivity contribution in [1.29, 1.82) is 0 Å². The minimum atomic E-state index is -3.77. The molecule has 0 aliphatic heterocycles. The molecule has 0 aliphatic carbocycles. The summed E-state index contributed by atoms with van der Waals surface area (Å²) in [5, 5.41) is 17.4. The van der Waals surface area contributed by atoms with Crippen LogP contribution >= 0.6 is 11.6 Å². The molecule has 0 heterocycles. The molecule has 3 aromatic rings. The van der Waals surface area contributed by atoms with Gasteiger partial charge in [-0.05, 0) is 53.9 Å². The number of hydrogen-bond acceptors (Lipinski definition) is 6.